The molecule has 2 rings (SSSR count). The normalized spacial score (nSPS) is 10.4. The third-order valence-corrected chi connectivity index (χ3v) is 2.65. The second-order valence-corrected chi connectivity index (χ2v) is 3.91. The Kier molecular flexibility index (Phi) is 4.11. The molecule has 17 heavy (non-hydrogen) atoms. The van der Waals surface area contributed by atoms with Crippen molar-refractivity contribution in [2.45, 2.75) is 13.0 Å². The van der Waals surface area contributed by atoms with Gasteiger partial charge in [-0.25, -0.2) is 0 Å². The number of phenolic OH excluding ortho intramolecular Hbond substituents is 1. The molecule has 2 aromatic rings. The van der Waals surface area contributed by atoms with E-state index in [2.05, 4.69) is 10.3 Å². The number of nitrogens with zero attached hydrogens (tertiary/aromatic N) is 1. The van der Waals surface area contributed by atoms with Gasteiger partial charge in [-0.15, -0.1) is 0 Å². The number of pyridine rings is 1. The van der Waals surface area contributed by atoms with Gasteiger partial charge in [0.2, 0.25) is 0 Å². The lowest BCUT2D eigenvalue weighted by atomic mass is 10.2. The van der Waals surface area contributed by atoms with Crippen LogP contribution in [0, 0.1) is 0 Å². The van der Waals surface area contributed by atoms with E-state index in [1.165, 1.54) is 5.56 Å². The SMILES string of the molecule is Oc1ccccc1CNCCc1ccncc1. The standard InChI is InChI=1S/C14H16N2O/c17-14-4-2-1-3-13(14)11-16-10-7-12-5-8-15-9-6-12/h1-6,8-9,16-17H,7,10-11H2. The lowest BCUT2D eigenvalue weighted by Gasteiger charge is -2.06. The van der Waals surface area contributed by atoms with Crippen LogP contribution in [0.15, 0.2) is 48.8 Å². The van der Waals surface area contributed by atoms with Gasteiger partial charge < -0.3 is 10.4 Å². The molecular weight excluding hydrogens is 212 g/mol. The fraction of sp³-hybridized carbons (Fsp3) is 0.214. The van der Waals surface area contributed by atoms with Gasteiger partial charge in [-0.2, -0.15) is 0 Å². The molecule has 0 fully saturated rings. The van der Waals surface area contributed by atoms with Crippen LogP contribution >= 0.6 is 0 Å². The maximum Gasteiger partial charge on any atom is 0.120 e. The minimum atomic E-state index is 0.351. The van der Waals surface area contributed by atoms with E-state index in [0.717, 1.165) is 18.5 Å². The molecule has 3 nitrogen and oxygen atoms in total. The number of para-hydroxylation sites is 1. The maximum absolute atomic E-state index is 9.58. The molecule has 1 aromatic heterocycles. The Morgan fingerprint density at radius 1 is 1.06 bits per heavy atom. The second kappa shape index (κ2) is 6.01. The van der Waals surface area contributed by atoms with E-state index >= 15 is 0 Å². The fourth-order valence-electron chi connectivity index (χ4n) is 1.67. The van der Waals surface area contributed by atoms with Crippen LogP contribution in [0.4, 0.5) is 0 Å². The van der Waals surface area contributed by atoms with E-state index in [0.29, 0.717) is 12.3 Å². The summed E-state index contributed by atoms with van der Waals surface area (Å²) in [7, 11) is 0. The molecule has 0 unspecified atom stereocenters. The molecule has 2 N–H and O–H groups in total. The summed E-state index contributed by atoms with van der Waals surface area (Å²) in [5.41, 5.74) is 2.20. The van der Waals surface area contributed by atoms with Crippen LogP contribution in [-0.2, 0) is 13.0 Å². The van der Waals surface area contributed by atoms with Crippen LogP contribution in [-0.4, -0.2) is 16.6 Å². The van der Waals surface area contributed by atoms with E-state index in [-0.39, 0.29) is 0 Å². The highest BCUT2D eigenvalue weighted by Gasteiger charge is 1.98. The van der Waals surface area contributed by atoms with E-state index < -0.39 is 0 Å². The smallest absolute Gasteiger partial charge is 0.120 e. The highest BCUT2D eigenvalue weighted by atomic mass is 16.3. The van der Waals surface area contributed by atoms with Gasteiger partial charge >= 0.3 is 0 Å². The van der Waals surface area contributed by atoms with Gasteiger partial charge in [0.05, 0.1) is 0 Å². The first kappa shape index (κ1) is 11.6. The molecule has 0 saturated heterocycles. The summed E-state index contributed by atoms with van der Waals surface area (Å²) in [5, 5.41) is 12.9. The van der Waals surface area contributed by atoms with Gasteiger partial charge in [0.1, 0.15) is 5.75 Å². The molecule has 0 amide bonds. The van der Waals surface area contributed by atoms with Crippen molar-refractivity contribution in [2.24, 2.45) is 0 Å². The molecule has 1 heterocycles. The van der Waals surface area contributed by atoms with Gasteiger partial charge in [-0.1, -0.05) is 18.2 Å². The van der Waals surface area contributed by atoms with Crippen LogP contribution in [0.2, 0.25) is 0 Å². The molecular formula is C14H16N2O. The zero-order valence-electron chi connectivity index (χ0n) is 9.63. The Morgan fingerprint density at radius 3 is 2.59 bits per heavy atom. The molecule has 0 spiro atoms. The van der Waals surface area contributed by atoms with Gasteiger partial charge in [-0.3, -0.25) is 4.98 Å². The average molecular weight is 228 g/mol. The Balaban J connectivity index is 1.76. The minimum Gasteiger partial charge on any atom is -0.508 e. The zero-order valence-corrected chi connectivity index (χ0v) is 9.63. The first-order chi connectivity index (χ1) is 8.36. The Labute approximate surface area is 101 Å². The summed E-state index contributed by atoms with van der Waals surface area (Å²) < 4.78 is 0. The number of hydrogen-bond acceptors (Lipinski definition) is 3. The number of rotatable bonds is 5. The van der Waals surface area contributed by atoms with Crippen LogP contribution < -0.4 is 5.32 Å². The van der Waals surface area contributed by atoms with Gasteiger partial charge in [0, 0.05) is 24.5 Å². The van der Waals surface area contributed by atoms with Crippen molar-refractivity contribution >= 4 is 0 Å². The zero-order chi connectivity index (χ0) is 11.9. The van der Waals surface area contributed by atoms with Crippen molar-refractivity contribution in [2.75, 3.05) is 6.54 Å². The monoisotopic (exact) mass is 228 g/mol. The molecule has 0 saturated carbocycles. The Hall–Kier alpha value is -1.87. The molecule has 0 aliphatic rings. The first-order valence-electron chi connectivity index (χ1n) is 5.73. The Morgan fingerprint density at radius 2 is 1.82 bits per heavy atom. The molecule has 0 aliphatic carbocycles. The number of benzene rings is 1. The summed E-state index contributed by atoms with van der Waals surface area (Å²) in [6, 6.07) is 11.4. The van der Waals surface area contributed by atoms with Gasteiger partial charge in [0.25, 0.3) is 0 Å². The Bertz CT molecular complexity index is 457. The summed E-state index contributed by atoms with van der Waals surface area (Å²) in [6.45, 7) is 1.58. The summed E-state index contributed by atoms with van der Waals surface area (Å²) in [6.07, 6.45) is 4.58. The molecule has 88 valence electrons. The summed E-state index contributed by atoms with van der Waals surface area (Å²) in [5.74, 6) is 0.351. The van der Waals surface area contributed by atoms with Crippen LogP contribution in [0.5, 0.6) is 5.75 Å². The molecule has 0 radical (unpaired) electrons. The summed E-state index contributed by atoms with van der Waals surface area (Å²) >= 11 is 0. The van der Waals surface area contributed by atoms with Gasteiger partial charge in [-0.05, 0) is 36.7 Å². The van der Waals surface area contributed by atoms with E-state index in [9.17, 15) is 5.11 Å². The fourth-order valence-corrected chi connectivity index (χ4v) is 1.67. The highest BCUT2D eigenvalue weighted by Crippen LogP contribution is 2.14. The van der Waals surface area contributed by atoms with Crippen molar-refractivity contribution in [1.82, 2.24) is 10.3 Å². The second-order valence-electron chi connectivity index (χ2n) is 3.91. The maximum atomic E-state index is 9.58. The van der Waals surface area contributed by atoms with Crippen molar-refractivity contribution in [3.63, 3.8) is 0 Å². The predicted octanol–water partition coefficient (Wildman–Crippen LogP) is 2.12. The van der Waals surface area contributed by atoms with Crippen molar-refractivity contribution in [3.05, 3.63) is 59.9 Å². The number of hydrogen-bond donors (Lipinski definition) is 2. The highest BCUT2D eigenvalue weighted by molar-refractivity contribution is 5.31. The molecule has 0 bridgehead atoms. The number of nitrogens with one attached hydrogen (secondary N) is 1. The largest absolute Gasteiger partial charge is 0.508 e. The van der Waals surface area contributed by atoms with Crippen LogP contribution in [0.1, 0.15) is 11.1 Å². The third-order valence-electron chi connectivity index (χ3n) is 2.65. The minimum absolute atomic E-state index is 0.351. The summed E-state index contributed by atoms with van der Waals surface area (Å²) in [4.78, 5) is 3.98. The van der Waals surface area contributed by atoms with Crippen LogP contribution in [0.3, 0.4) is 0 Å². The third kappa shape index (κ3) is 3.57. The molecule has 0 aliphatic heterocycles. The van der Waals surface area contributed by atoms with E-state index in [4.69, 9.17) is 0 Å². The quantitative estimate of drug-likeness (QED) is 0.770. The average Bonchev–Trinajstić information content (AvgIpc) is 2.38. The lowest BCUT2D eigenvalue weighted by molar-refractivity contribution is 0.464. The predicted molar refractivity (Wildman–Crippen MR) is 67.8 cm³/mol. The first-order valence-corrected chi connectivity index (χ1v) is 5.73. The number of aromatic hydroxyl groups is 1. The molecule has 1 aromatic carbocycles. The lowest BCUT2D eigenvalue weighted by Crippen LogP contribution is -2.16. The van der Waals surface area contributed by atoms with Crippen molar-refractivity contribution in [1.29, 1.82) is 0 Å². The van der Waals surface area contributed by atoms with Crippen molar-refractivity contribution in [3.8, 4) is 5.75 Å². The van der Waals surface area contributed by atoms with Gasteiger partial charge in [0.15, 0.2) is 0 Å². The van der Waals surface area contributed by atoms with E-state index in [1.54, 1.807) is 18.5 Å². The van der Waals surface area contributed by atoms with Crippen LogP contribution in [0.25, 0.3) is 0 Å². The molecule has 3 heteroatoms. The molecule has 0 atom stereocenters. The van der Waals surface area contributed by atoms with E-state index in [1.807, 2.05) is 30.3 Å². The van der Waals surface area contributed by atoms with Crippen molar-refractivity contribution < 1.29 is 5.11 Å². The topological polar surface area (TPSA) is 45.1 Å². The number of phenols is 1. The number of aromatic nitrogens is 1.